The van der Waals surface area contributed by atoms with Gasteiger partial charge in [0, 0.05) is 38.6 Å². The normalized spacial score (nSPS) is 16.5. The fraction of sp³-hybridized carbons (Fsp3) is 0.550. The number of rotatable bonds is 7. The first kappa shape index (κ1) is 23.0. The van der Waals surface area contributed by atoms with E-state index >= 15 is 0 Å². The molecule has 2 heterocycles. The molecule has 1 atom stereocenters. The molecule has 2 amide bonds. The van der Waals surface area contributed by atoms with Gasteiger partial charge >= 0.3 is 5.69 Å². The summed E-state index contributed by atoms with van der Waals surface area (Å²) >= 11 is 0. The van der Waals surface area contributed by atoms with Crippen LogP contribution in [0.25, 0.3) is 11.0 Å². The molecular weight excluding hydrogens is 394 g/mol. The summed E-state index contributed by atoms with van der Waals surface area (Å²) in [6, 6.07) is 7.50. The van der Waals surface area contributed by atoms with Gasteiger partial charge in [0.2, 0.25) is 11.8 Å². The van der Waals surface area contributed by atoms with Crippen molar-refractivity contribution in [3.63, 3.8) is 0 Å². The molecule has 0 radical (unpaired) electrons. The van der Waals surface area contributed by atoms with Crippen LogP contribution in [0.1, 0.15) is 32.6 Å². The second-order valence-electron chi connectivity index (χ2n) is 7.18. The molecule has 1 aliphatic heterocycles. The maximum Gasteiger partial charge on any atom is 0.329 e. The van der Waals surface area contributed by atoms with Crippen molar-refractivity contribution < 1.29 is 9.59 Å². The largest absolute Gasteiger partial charge is 0.354 e. The van der Waals surface area contributed by atoms with Crippen molar-refractivity contribution in [2.24, 2.45) is 5.73 Å². The second kappa shape index (κ2) is 10.5. The van der Waals surface area contributed by atoms with E-state index in [1.807, 2.05) is 36.1 Å². The van der Waals surface area contributed by atoms with Crippen LogP contribution in [0.2, 0.25) is 0 Å². The van der Waals surface area contributed by atoms with Crippen LogP contribution in [-0.2, 0) is 22.7 Å². The number of likely N-dealkylation sites (tertiary alicyclic amines) is 1. The van der Waals surface area contributed by atoms with Crippen LogP contribution in [0, 0.1) is 0 Å². The summed E-state index contributed by atoms with van der Waals surface area (Å²) in [6.45, 7) is 3.88. The topological polar surface area (TPSA) is 102 Å². The van der Waals surface area contributed by atoms with E-state index in [1.165, 1.54) is 0 Å². The van der Waals surface area contributed by atoms with Crippen LogP contribution in [0.15, 0.2) is 29.1 Å². The molecule has 1 aromatic heterocycles. The monoisotopic (exact) mass is 423 g/mol. The Morgan fingerprint density at radius 3 is 2.52 bits per heavy atom. The average molecular weight is 424 g/mol. The van der Waals surface area contributed by atoms with Crippen molar-refractivity contribution in [3.05, 3.63) is 34.7 Å². The van der Waals surface area contributed by atoms with Gasteiger partial charge in [-0.25, -0.2) is 4.79 Å². The number of nitrogens with zero attached hydrogens (tertiary/aromatic N) is 3. The molecule has 9 heteroatoms. The minimum atomic E-state index is -0.165. The Morgan fingerprint density at radius 1 is 1.17 bits per heavy atom. The summed E-state index contributed by atoms with van der Waals surface area (Å²) in [5.74, 6) is -0.179. The van der Waals surface area contributed by atoms with Crippen LogP contribution in [0.5, 0.6) is 0 Å². The van der Waals surface area contributed by atoms with E-state index in [1.54, 1.807) is 9.13 Å². The maximum absolute atomic E-state index is 13.1. The van der Waals surface area contributed by atoms with Gasteiger partial charge in [-0.15, -0.1) is 12.4 Å². The first-order chi connectivity index (χ1) is 13.6. The highest BCUT2D eigenvalue weighted by Gasteiger charge is 2.28. The van der Waals surface area contributed by atoms with E-state index in [9.17, 15) is 14.4 Å². The van der Waals surface area contributed by atoms with Crippen molar-refractivity contribution in [1.82, 2.24) is 19.4 Å². The number of halogens is 1. The van der Waals surface area contributed by atoms with E-state index in [4.69, 9.17) is 5.73 Å². The molecule has 2 aromatic rings. The zero-order chi connectivity index (χ0) is 20.1. The predicted octanol–water partition coefficient (Wildman–Crippen LogP) is 1.09. The van der Waals surface area contributed by atoms with Gasteiger partial charge in [0.15, 0.2) is 0 Å². The van der Waals surface area contributed by atoms with E-state index in [2.05, 4.69) is 5.32 Å². The van der Waals surface area contributed by atoms with Gasteiger partial charge in [0.05, 0.1) is 11.0 Å². The molecule has 1 fully saturated rings. The number of aromatic nitrogens is 2. The number of imidazole rings is 1. The molecular formula is C20H30ClN5O3. The summed E-state index contributed by atoms with van der Waals surface area (Å²) in [4.78, 5) is 39.4. The Kier molecular flexibility index (Phi) is 8.28. The predicted molar refractivity (Wildman–Crippen MR) is 115 cm³/mol. The van der Waals surface area contributed by atoms with Gasteiger partial charge in [0.1, 0.15) is 6.54 Å². The average Bonchev–Trinajstić information content (AvgIpc) is 2.98. The third-order valence-electron chi connectivity index (χ3n) is 5.39. The van der Waals surface area contributed by atoms with E-state index in [-0.39, 0.29) is 48.9 Å². The Labute approximate surface area is 176 Å². The molecule has 0 saturated carbocycles. The molecule has 8 nitrogen and oxygen atoms in total. The number of aryl methyl sites for hydroxylation is 1. The van der Waals surface area contributed by atoms with Crippen LogP contribution in [0.4, 0.5) is 0 Å². The number of para-hydroxylation sites is 2. The number of piperidine rings is 1. The third kappa shape index (κ3) is 5.00. The highest BCUT2D eigenvalue weighted by Crippen LogP contribution is 2.18. The SMILES string of the molecule is CCn1c(=O)n(CC(=O)N2CCCCC2CNC(=O)CCN)c2ccccc21.Cl. The summed E-state index contributed by atoms with van der Waals surface area (Å²) < 4.78 is 3.24. The first-order valence-electron chi connectivity index (χ1n) is 10.0. The van der Waals surface area contributed by atoms with Gasteiger partial charge in [-0.2, -0.15) is 0 Å². The molecule has 3 rings (SSSR count). The second-order valence-corrected chi connectivity index (χ2v) is 7.18. The first-order valence-corrected chi connectivity index (χ1v) is 10.0. The number of nitrogens with two attached hydrogens (primary N) is 1. The van der Waals surface area contributed by atoms with Crippen molar-refractivity contribution in [1.29, 1.82) is 0 Å². The van der Waals surface area contributed by atoms with Crippen molar-refractivity contribution in [2.75, 3.05) is 19.6 Å². The smallest absolute Gasteiger partial charge is 0.329 e. The Morgan fingerprint density at radius 2 is 1.86 bits per heavy atom. The lowest BCUT2D eigenvalue weighted by atomic mass is 10.0. The van der Waals surface area contributed by atoms with E-state index in [0.29, 0.717) is 26.2 Å². The number of hydrogen-bond donors (Lipinski definition) is 2. The minimum absolute atomic E-state index is 0. The molecule has 0 spiro atoms. The summed E-state index contributed by atoms with van der Waals surface area (Å²) in [7, 11) is 0. The third-order valence-corrected chi connectivity index (χ3v) is 5.39. The van der Waals surface area contributed by atoms with Gasteiger partial charge in [-0.3, -0.25) is 18.7 Å². The van der Waals surface area contributed by atoms with Gasteiger partial charge in [0.25, 0.3) is 0 Å². The van der Waals surface area contributed by atoms with Crippen LogP contribution >= 0.6 is 12.4 Å². The van der Waals surface area contributed by atoms with Crippen LogP contribution in [-0.4, -0.2) is 51.5 Å². The van der Waals surface area contributed by atoms with Crippen molar-refractivity contribution in [2.45, 2.75) is 51.7 Å². The maximum atomic E-state index is 13.1. The summed E-state index contributed by atoms with van der Waals surface area (Å²) in [5, 5.41) is 2.87. The van der Waals surface area contributed by atoms with Gasteiger partial charge in [-0.05, 0) is 38.3 Å². The number of benzene rings is 1. The molecule has 3 N–H and O–H groups in total. The summed E-state index contributed by atoms with van der Waals surface area (Å²) in [6.07, 6.45) is 3.09. The summed E-state index contributed by atoms with van der Waals surface area (Å²) in [5.41, 5.74) is 6.86. The lowest BCUT2D eigenvalue weighted by Crippen LogP contribution is -2.51. The van der Waals surface area contributed by atoms with Crippen LogP contribution < -0.4 is 16.7 Å². The quantitative estimate of drug-likeness (QED) is 0.695. The van der Waals surface area contributed by atoms with E-state index < -0.39 is 0 Å². The molecule has 0 aliphatic carbocycles. The molecule has 1 unspecified atom stereocenters. The molecule has 1 saturated heterocycles. The number of carbonyl (C=O) groups excluding carboxylic acids is 2. The molecule has 1 aromatic carbocycles. The minimum Gasteiger partial charge on any atom is -0.354 e. The Bertz CT molecular complexity index is 907. The zero-order valence-corrected chi connectivity index (χ0v) is 17.6. The number of hydrogen-bond acceptors (Lipinski definition) is 4. The fourth-order valence-corrected chi connectivity index (χ4v) is 3.95. The molecule has 160 valence electrons. The lowest BCUT2D eigenvalue weighted by Gasteiger charge is -2.36. The number of amides is 2. The van der Waals surface area contributed by atoms with E-state index in [0.717, 1.165) is 30.3 Å². The Balaban J connectivity index is 0.00000300. The zero-order valence-electron chi connectivity index (χ0n) is 16.8. The number of carbonyl (C=O) groups is 2. The molecule has 1 aliphatic rings. The standard InChI is InChI=1S/C20H29N5O3.ClH/c1-2-23-16-8-3-4-9-17(16)25(20(23)28)14-19(27)24-12-6-5-7-15(24)13-22-18(26)10-11-21;/h3-4,8-9,15H,2,5-7,10-14,21H2,1H3,(H,22,26);1H. The fourth-order valence-electron chi connectivity index (χ4n) is 3.95. The Hall–Kier alpha value is -2.32. The number of fused-ring (bicyclic) bond motifs is 1. The molecule has 29 heavy (non-hydrogen) atoms. The van der Waals surface area contributed by atoms with Crippen LogP contribution in [0.3, 0.4) is 0 Å². The van der Waals surface area contributed by atoms with Gasteiger partial charge < -0.3 is 16.0 Å². The molecule has 0 bridgehead atoms. The lowest BCUT2D eigenvalue weighted by molar-refractivity contribution is -0.136. The highest BCUT2D eigenvalue weighted by molar-refractivity contribution is 5.85. The van der Waals surface area contributed by atoms with Gasteiger partial charge in [-0.1, -0.05) is 12.1 Å². The van der Waals surface area contributed by atoms with Crippen molar-refractivity contribution >= 4 is 35.3 Å². The number of nitrogens with one attached hydrogen (secondary N) is 1. The highest BCUT2D eigenvalue weighted by atomic mass is 35.5. The van der Waals surface area contributed by atoms with Crippen molar-refractivity contribution in [3.8, 4) is 0 Å².